The van der Waals surface area contributed by atoms with Crippen LogP contribution in [0.1, 0.15) is 11.1 Å². The summed E-state index contributed by atoms with van der Waals surface area (Å²) in [6.45, 7) is 0. The van der Waals surface area contributed by atoms with Crippen LogP contribution in [0.5, 0.6) is 0 Å². The highest BCUT2D eigenvalue weighted by Gasteiger charge is 2.11. The molecule has 0 amide bonds. The van der Waals surface area contributed by atoms with Gasteiger partial charge in [0.2, 0.25) is 0 Å². The number of aliphatic carboxylic acids is 1. The Morgan fingerprint density at radius 3 is 2.55 bits per heavy atom. The van der Waals surface area contributed by atoms with E-state index in [-0.39, 0.29) is 5.57 Å². The summed E-state index contributed by atoms with van der Waals surface area (Å²) >= 11 is 4.43. The Morgan fingerprint density at radius 2 is 1.95 bits per heavy atom. The number of carboxylic acids is 1. The van der Waals surface area contributed by atoms with Crippen LogP contribution in [0.4, 0.5) is 0 Å². The second-order valence-corrected chi connectivity index (χ2v) is 5.95. The van der Waals surface area contributed by atoms with E-state index >= 15 is 0 Å². The molecular weight excluding hydrogens is 368 g/mol. The average molecular weight is 381 g/mol. The van der Waals surface area contributed by atoms with Crippen molar-refractivity contribution in [3.05, 3.63) is 64.1 Å². The van der Waals surface area contributed by atoms with Crippen molar-refractivity contribution in [2.75, 3.05) is 7.11 Å². The van der Waals surface area contributed by atoms with Gasteiger partial charge in [-0.2, -0.15) is 4.33 Å². The summed E-state index contributed by atoms with van der Waals surface area (Å²) in [5, 5.41) is 9.44. The highest BCUT2D eigenvalue weighted by molar-refractivity contribution is 9.10. The Hall–Kier alpha value is -1.60. The quantitative estimate of drug-likeness (QED) is 0.259. The largest absolute Gasteiger partial charge is 0.478 e. The molecule has 0 radical (unpaired) electrons. The summed E-state index contributed by atoms with van der Waals surface area (Å²) in [5.41, 5.74) is 1.66. The lowest BCUT2D eigenvalue weighted by Gasteiger charge is -2.05. The van der Waals surface area contributed by atoms with E-state index in [1.165, 1.54) is 7.11 Å². The van der Waals surface area contributed by atoms with Crippen LogP contribution in [0.25, 0.3) is 11.6 Å². The molecule has 0 aromatic heterocycles. The van der Waals surface area contributed by atoms with E-state index in [9.17, 15) is 9.90 Å². The first-order valence-electron chi connectivity index (χ1n) is 6.28. The average Bonchev–Trinajstić information content (AvgIpc) is 2.51. The van der Waals surface area contributed by atoms with Gasteiger partial charge in [-0.25, -0.2) is 9.68 Å². The Morgan fingerprint density at radius 1 is 1.23 bits per heavy atom. The summed E-state index contributed by atoms with van der Waals surface area (Å²) in [6.07, 6.45) is 1.64. The minimum atomic E-state index is -0.978. The second-order valence-electron chi connectivity index (χ2n) is 4.26. The van der Waals surface area contributed by atoms with E-state index in [1.54, 1.807) is 30.3 Å². The Bertz CT molecular complexity index is 683. The number of hydrogen-bond acceptors (Lipinski definition) is 4. The third-order valence-corrected chi connectivity index (χ3v) is 3.92. The molecule has 0 saturated heterocycles. The standard InChI is InChI=1S/C16H13BrO4S/c1-20-21-22-14-7-5-12(6-8-14)15(16(18)19)10-11-3-2-4-13(17)9-11/h2-10H,1H3,(H,18,19)/b15-10+. The second kappa shape index (κ2) is 8.14. The molecule has 22 heavy (non-hydrogen) atoms. The minimum Gasteiger partial charge on any atom is -0.478 e. The van der Waals surface area contributed by atoms with Crippen molar-refractivity contribution in [1.82, 2.24) is 0 Å². The number of benzene rings is 2. The molecule has 2 aromatic rings. The monoisotopic (exact) mass is 380 g/mol. The third-order valence-electron chi connectivity index (χ3n) is 2.75. The summed E-state index contributed by atoms with van der Waals surface area (Å²) in [6, 6.07) is 14.5. The molecule has 1 N–H and O–H groups in total. The maximum Gasteiger partial charge on any atom is 0.336 e. The van der Waals surface area contributed by atoms with Gasteiger partial charge in [0, 0.05) is 9.37 Å². The summed E-state index contributed by atoms with van der Waals surface area (Å²) in [7, 11) is 1.42. The number of carboxylic acid groups (broad SMARTS) is 1. The van der Waals surface area contributed by atoms with E-state index in [2.05, 4.69) is 20.8 Å². The third kappa shape index (κ3) is 4.71. The van der Waals surface area contributed by atoms with E-state index in [1.807, 2.05) is 24.3 Å². The van der Waals surface area contributed by atoms with E-state index < -0.39 is 5.97 Å². The topological polar surface area (TPSA) is 55.8 Å². The zero-order chi connectivity index (χ0) is 15.9. The lowest BCUT2D eigenvalue weighted by atomic mass is 10.0. The van der Waals surface area contributed by atoms with Gasteiger partial charge in [0.25, 0.3) is 0 Å². The van der Waals surface area contributed by atoms with E-state index in [4.69, 9.17) is 4.33 Å². The molecule has 0 atom stereocenters. The lowest BCUT2D eigenvalue weighted by molar-refractivity contribution is -0.160. The molecule has 4 nitrogen and oxygen atoms in total. The van der Waals surface area contributed by atoms with Gasteiger partial charge < -0.3 is 5.11 Å². The first-order valence-corrected chi connectivity index (χ1v) is 7.82. The molecule has 0 aliphatic heterocycles. The van der Waals surface area contributed by atoms with Crippen molar-refractivity contribution in [2.24, 2.45) is 0 Å². The van der Waals surface area contributed by atoms with Crippen molar-refractivity contribution >= 4 is 45.6 Å². The molecule has 0 aliphatic rings. The Labute approximate surface area is 141 Å². The maximum absolute atomic E-state index is 11.5. The van der Waals surface area contributed by atoms with Gasteiger partial charge in [-0.3, -0.25) is 0 Å². The minimum absolute atomic E-state index is 0.224. The number of hydrogen-bond donors (Lipinski definition) is 1. The number of halogens is 1. The van der Waals surface area contributed by atoms with Gasteiger partial charge in [0.05, 0.1) is 24.7 Å². The molecule has 2 aromatic carbocycles. The molecule has 114 valence electrons. The molecule has 0 aliphatic carbocycles. The van der Waals surface area contributed by atoms with Crippen LogP contribution in [-0.2, 0) is 14.0 Å². The smallest absolute Gasteiger partial charge is 0.336 e. The SMILES string of the molecule is COOSc1ccc(/C(=C\c2cccc(Br)c2)C(=O)O)cc1. The van der Waals surface area contributed by atoms with Crippen LogP contribution in [0.2, 0.25) is 0 Å². The first kappa shape index (κ1) is 16.8. The summed E-state index contributed by atoms with van der Waals surface area (Å²) < 4.78 is 5.65. The Kier molecular flexibility index (Phi) is 6.21. The van der Waals surface area contributed by atoms with Crippen molar-refractivity contribution < 1.29 is 19.1 Å². The van der Waals surface area contributed by atoms with Crippen molar-refractivity contribution in [3.8, 4) is 0 Å². The zero-order valence-corrected chi connectivity index (χ0v) is 14.1. The molecule has 0 unspecified atom stereocenters. The maximum atomic E-state index is 11.5. The summed E-state index contributed by atoms with van der Waals surface area (Å²) in [5.74, 6) is -0.978. The van der Waals surface area contributed by atoms with Crippen molar-refractivity contribution in [2.45, 2.75) is 4.90 Å². The Balaban J connectivity index is 2.30. The predicted octanol–water partition coefficient (Wildman–Crippen LogP) is 4.66. The molecular formula is C16H13BrO4S. The van der Waals surface area contributed by atoms with Crippen LogP contribution in [-0.4, -0.2) is 18.2 Å². The fourth-order valence-electron chi connectivity index (χ4n) is 1.79. The lowest BCUT2D eigenvalue weighted by Crippen LogP contribution is -1.99. The molecule has 0 spiro atoms. The molecule has 0 fully saturated rings. The van der Waals surface area contributed by atoms with Crippen LogP contribution in [0.15, 0.2) is 57.9 Å². The van der Waals surface area contributed by atoms with E-state index in [0.29, 0.717) is 5.56 Å². The normalized spacial score (nSPS) is 11.5. The van der Waals surface area contributed by atoms with Crippen molar-refractivity contribution in [3.63, 3.8) is 0 Å². The van der Waals surface area contributed by atoms with Gasteiger partial charge in [0.1, 0.15) is 0 Å². The fourth-order valence-corrected chi connectivity index (χ4v) is 2.61. The predicted molar refractivity (Wildman–Crippen MR) is 90.0 cm³/mol. The summed E-state index contributed by atoms with van der Waals surface area (Å²) in [4.78, 5) is 16.8. The number of carbonyl (C=O) groups is 1. The molecule has 0 heterocycles. The highest BCUT2D eigenvalue weighted by atomic mass is 79.9. The van der Waals surface area contributed by atoms with Gasteiger partial charge in [0.15, 0.2) is 0 Å². The molecule has 2 rings (SSSR count). The van der Waals surface area contributed by atoms with Gasteiger partial charge in [-0.15, -0.1) is 0 Å². The molecule has 0 saturated carbocycles. The van der Waals surface area contributed by atoms with E-state index in [0.717, 1.165) is 27.0 Å². The van der Waals surface area contributed by atoms with Gasteiger partial charge in [-0.05, 0) is 41.5 Å². The molecule has 6 heteroatoms. The van der Waals surface area contributed by atoms with Crippen molar-refractivity contribution in [1.29, 1.82) is 0 Å². The van der Waals surface area contributed by atoms with Crippen LogP contribution < -0.4 is 0 Å². The van der Waals surface area contributed by atoms with Crippen LogP contribution in [0.3, 0.4) is 0 Å². The highest BCUT2D eigenvalue weighted by Crippen LogP contribution is 2.24. The number of rotatable bonds is 6. The molecule has 0 bridgehead atoms. The first-order chi connectivity index (χ1) is 10.6. The fraction of sp³-hybridized carbons (Fsp3) is 0.0625. The van der Waals surface area contributed by atoms with Gasteiger partial charge in [-0.1, -0.05) is 40.2 Å². The zero-order valence-electron chi connectivity index (χ0n) is 11.7. The van der Waals surface area contributed by atoms with Gasteiger partial charge >= 0.3 is 5.97 Å². The van der Waals surface area contributed by atoms with Crippen LogP contribution in [0, 0.1) is 0 Å². The van der Waals surface area contributed by atoms with Crippen LogP contribution >= 0.6 is 28.0 Å².